The Morgan fingerprint density at radius 1 is 0.489 bits per heavy atom. The summed E-state index contributed by atoms with van der Waals surface area (Å²) < 4.78 is 0. The zero-order chi connectivity index (χ0) is 29.8. The van der Waals surface area contributed by atoms with Gasteiger partial charge in [0.2, 0.25) is 0 Å². The first kappa shape index (κ1) is 39.9. The van der Waals surface area contributed by atoms with Crippen LogP contribution >= 0.6 is 24.8 Å². The molecule has 238 valence electrons. The average Bonchev–Trinajstić information content (AvgIpc) is 3.68. The first-order valence-corrected chi connectivity index (χ1v) is 18.9. The number of fused-ring (bicyclic) bond motifs is 4. The van der Waals surface area contributed by atoms with Crippen LogP contribution in [0.25, 0.3) is 65.3 Å². The first-order chi connectivity index (χ1) is 21.2. The van der Waals surface area contributed by atoms with E-state index in [-0.39, 0.29) is 39.7 Å². The molecule has 0 aliphatic rings. The van der Waals surface area contributed by atoms with Crippen molar-refractivity contribution in [1.29, 1.82) is 0 Å². The van der Waals surface area contributed by atoms with Crippen LogP contribution in [0.1, 0.15) is 18.1 Å². The van der Waals surface area contributed by atoms with Crippen molar-refractivity contribution < 1.29 is 23.3 Å². The first-order valence-electron chi connectivity index (χ1n) is 14.8. The molecule has 0 aliphatic carbocycles. The number of hydrogen-bond donors (Lipinski definition) is 0. The summed E-state index contributed by atoms with van der Waals surface area (Å²) in [5.74, 6) is 0. The van der Waals surface area contributed by atoms with Crippen LogP contribution in [0.2, 0.25) is 0 Å². The van der Waals surface area contributed by atoms with Gasteiger partial charge >= 0.3 is 30.2 Å². The van der Waals surface area contributed by atoms with Gasteiger partial charge in [-0.1, -0.05) is 122 Å². The molecule has 0 N–H and O–H groups in total. The van der Waals surface area contributed by atoms with Gasteiger partial charge in [-0.15, -0.1) is 93.9 Å². The number of benzene rings is 6. The van der Waals surface area contributed by atoms with Crippen LogP contribution in [-0.4, -0.2) is 6.88 Å². The van der Waals surface area contributed by atoms with Crippen molar-refractivity contribution in [3.8, 4) is 22.3 Å². The van der Waals surface area contributed by atoms with E-state index in [0.717, 1.165) is 6.42 Å². The molecule has 0 amide bonds. The molecule has 0 nitrogen and oxygen atoms in total. The van der Waals surface area contributed by atoms with Crippen molar-refractivity contribution in [3.63, 3.8) is 0 Å². The van der Waals surface area contributed by atoms with E-state index in [1.807, 2.05) is 0 Å². The molecule has 4 heteroatoms. The van der Waals surface area contributed by atoms with Gasteiger partial charge in [0.05, 0.1) is 0 Å². The van der Waals surface area contributed by atoms with Crippen molar-refractivity contribution in [2.75, 3.05) is 0 Å². The SMILES string of the molecule is CCc1cc2c(-c3cccc4ccccc34)cccc2[cH-]1.Cc1cc2c(-c3cccc4ccccc34)cccc2[cH-]1.Cl.Cl.[CH3-].[CH3-].[Si]=[Zr]. The summed E-state index contributed by atoms with van der Waals surface area (Å²) >= 11 is 1.36. The molecule has 0 heterocycles. The zero-order valence-electron chi connectivity index (χ0n) is 27.4. The minimum absolute atomic E-state index is 0. The second-order valence-electron chi connectivity index (χ2n) is 10.9. The molecular formula is C43H40Cl2SiZr-4. The van der Waals surface area contributed by atoms with E-state index < -0.39 is 0 Å². The Balaban J connectivity index is 0.000000288. The molecular weight excluding hydrogens is 707 g/mol. The fraction of sp³-hybridized carbons (Fsp3) is 0.0698. The van der Waals surface area contributed by atoms with Gasteiger partial charge in [-0.25, -0.2) is 0 Å². The molecule has 0 saturated carbocycles. The van der Waals surface area contributed by atoms with Gasteiger partial charge in [-0.05, 0) is 39.1 Å². The molecule has 0 saturated heterocycles. The summed E-state index contributed by atoms with van der Waals surface area (Å²) in [6.07, 6.45) is 1.09. The molecule has 0 aromatic heterocycles. The van der Waals surface area contributed by atoms with Crippen LogP contribution in [0.3, 0.4) is 0 Å². The van der Waals surface area contributed by atoms with Crippen LogP contribution in [0.4, 0.5) is 0 Å². The van der Waals surface area contributed by atoms with Gasteiger partial charge in [-0.2, -0.15) is 12.1 Å². The van der Waals surface area contributed by atoms with Crippen LogP contribution in [0.15, 0.2) is 146 Å². The van der Waals surface area contributed by atoms with Crippen molar-refractivity contribution in [1.82, 2.24) is 0 Å². The minimum atomic E-state index is 0. The number of hydrogen-bond acceptors (Lipinski definition) is 0. The normalized spacial score (nSPS) is 9.89. The molecule has 8 aromatic carbocycles. The van der Waals surface area contributed by atoms with Crippen molar-refractivity contribution >= 4 is 74.8 Å². The molecule has 0 spiro atoms. The maximum atomic E-state index is 3.06. The van der Waals surface area contributed by atoms with Gasteiger partial charge in [0.25, 0.3) is 0 Å². The standard InChI is InChI=1S/C21H17.C20H15.2CH3.2ClH.Si.Zr/c1-2-15-13-17-9-6-12-20(21(17)14-15)19-11-5-8-16-7-3-4-10-18(16)19;1-14-12-16-8-5-11-19(20(16)13-14)18-10-4-7-15-6-2-3-9-17(15)18;;;;;;/h3-14H,2H2,1H3;2-13H,1H3;2*1H3;2*1H;;/q4*-1;;;;. The van der Waals surface area contributed by atoms with Crippen LogP contribution < -0.4 is 0 Å². The van der Waals surface area contributed by atoms with Gasteiger partial charge in [0, 0.05) is 0 Å². The van der Waals surface area contributed by atoms with Crippen molar-refractivity contribution in [2.24, 2.45) is 0 Å². The van der Waals surface area contributed by atoms with Crippen molar-refractivity contribution in [2.45, 2.75) is 20.3 Å². The van der Waals surface area contributed by atoms with Crippen molar-refractivity contribution in [3.05, 3.63) is 172 Å². The van der Waals surface area contributed by atoms with Crippen LogP contribution in [-0.2, 0) is 29.8 Å². The Morgan fingerprint density at radius 2 is 0.872 bits per heavy atom. The summed E-state index contributed by atoms with van der Waals surface area (Å²) in [7, 11) is 0. The van der Waals surface area contributed by atoms with E-state index in [2.05, 4.69) is 166 Å². The second kappa shape index (κ2) is 18.3. The topological polar surface area (TPSA) is 0 Å². The molecule has 0 atom stereocenters. The summed E-state index contributed by atoms with van der Waals surface area (Å²) in [4.78, 5) is 0. The zero-order valence-corrected chi connectivity index (χ0v) is 32.5. The third-order valence-electron chi connectivity index (χ3n) is 8.27. The van der Waals surface area contributed by atoms with E-state index >= 15 is 0 Å². The summed E-state index contributed by atoms with van der Waals surface area (Å²) in [5.41, 5.74) is 8.05. The molecule has 8 aromatic rings. The van der Waals surface area contributed by atoms with Crippen LogP contribution in [0, 0.1) is 21.8 Å². The van der Waals surface area contributed by atoms with E-state index in [1.165, 1.54) is 99.8 Å². The molecule has 8 rings (SSSR count). The Hall–Kier alpha value is -3.26. The third-order valence-corrected chi connectivity index (χ3v) is 8.27. The summed E-state index contributed by atoms with van der Waals surface area (Å²) in [6.45, 7) is 7.44. The molecule has 0 unspecified atom stereocenters. The monoisotopic (exact) mass is 744 g/mol. The fourth-order valence-corrected chi connectivity index (χ4v) is 6.28. The van der Waals surface area contributed by atoms with Crippen LogP contribution in [0.5, 0.6) is 0 Å². The predicted molar refractivity (Wildman–Crippen MR) is 212 cm³/mol. The molecule has 0 bridgehead atoms. The Labute approximate surface area is 310 Å². The second-order valence-corrected chi connectivity index (χ2v) is 10.9. The third kappa shape index (κ3) is 8.25. The molecule has 0 fully saturated rings. The Kier molecular flexibility index (Phi) is 15.6. The number of aryl methyl sites for hydroxylation is 2. The maximum absolute atomic E-state index is 3.06. The van der Waals surface area contributed by atoms with Gasteiger partial charge in [0.1, 0.15) is 0 Å². The van der Waals surface area contributed by atoms with Gasteiger partial charge in [-0.3, -0.25) is 0 Å². The fourth-order valence-electron chi connectivity index (χ4n) is 6.28. The Morgan fingerprint density at radius 3 is 1.36 bits per heavy atom. The van der Waals surface area contributed by atoms with E-state index in [9.17, 15) is 0 Å². The Bertz CT molecular complexity index is 2180. The van der Waals surface area contributed by atoms with E-state index in [4.69, 9.17) is 0 Å². The van der Waals surface area contributed by atoms with E-state index in [0.29, 0.717) is 0 Å². The predicted octanol–water partition coefficient (Wildman–Crippen LogP) is 13.0. The molecule has 2 radical (unpaired) electrons. The molecule has 0 aliphatic heterocycles. The molecule has 47 heavy (non-hydrogen) atoms. The quantitative estimate of drug-likeness (QED) is 0.125. The number of rotatable bonds is 3. The average molecular weight is 747 g/mol. The summed E-state index contributed by atoms with van der Waals surface area (Å²) in [5, 5.41) is 10.6. The summed E-state index contributed by atoms with van der Waals surface area (Å²) in [6, 6.07) is 52.7. The van der Waals surface area contributed by atoms with Gasteiger partial charge in [0.15, 0.2) is 0 Å². The number of halogens is 2. The van der Waals surface area contributed by atoms with E-state index in [1.54, 1.807) is 0 Å². The van der Waals surface area contributed by atoms with Gasteiger partial charge < -0.3 is 14.9 Å².